The molecule has 1 fully saturated rings. The Morgan fingerprint density at radius 3 is 2.48 bits per heavy atom. The summed E-state index contributed by atoms with van der Waals surface area (Å²) in [5.74, 6) is -0.851. The van der Waals surface area contributed by atoms with Gasteiger partial charge in [-0.1, -0.05) is 24.3 Å². The maximum Gasteiger partial charge on any atom is 0.230 e. The Morgan fingerprint density at radius 2 is 1.81 bits per heavy atom. The second-order valence-corrected chi connectivity index (χ2v) is 7.00. The van der Waals surface area contributed by atoms with Crippen LogP contribution in [0.15, 0.2) is 48.5 Å². The Morgan fingerprint density at radius 1 is 1.07 bits per heavy atom. The van der Waals surface area contributed by atoms with Gasteiger partial charge in [0.1, 0.15) is 0 Å². The van der Waals surface area contributed by atoms with Crippen LogP contribution in [-0.4, -0.2) is 24.1 Å². The van der Waals surface area contributed by atoms with Gasteiger partial charge in [0.05, 0.1) is 11.8 Å². The number of benzene rings is 2. The average molecular weight is 364 g/mol. The zero-order chi connectivity index (χ0) is 19.6. The van der Waals surface area contributed by atoms with Gasteiger partial charge in [-0.2, -0.15) is 0 Å². The van der Waals surface area contributed by atoms with Crippen LogP contribution in [0.1, 0.15) is 36.2 Å². The molecule has 2 atom stereocenters. The number of nitrogens with zero attached hydrogens (tertiary/aromatic N) is 1. The van der Waals surface area contributed by atoms with Crippen molar-refractivity contribution >= 4 is 29.0 Å². The van der Waals surface area contributed by atoms with Crippen LogP contribution < -0.4 is 10.2 Å². The lowest BCUT2D eigenvalue weighted by atomic mass is 10.1. The Labute approximate surface area is 159 Å². The fraction of sp³-hybridized carbons (Fsp3) is 0.318. The van der Waals surface area contributed by atoms with Gasteiger partial charge in [-0.15, -0.1) is 0 Å². The molecule has 27 heavy (non-hydrogen) atoms. The van der Waals surface area contributed by atoms with E-state index in [0.29, 0.717) is 24.2 Å². The van der Waals surface area contributed by atoms with Crippen LogP contribution in [0.2, 0.25) is 0 Å². The zero-order valence-corrected chi connectivity index (χ0v) is 15.9. The van der Waals surface area contributed by atoms with Gasteiger partial charge in [0, 0.05) is 23.5 Å². The lowest BCUT2D eigenvalue weighted by Gasteiger charge is -2.21. The molecule has 2 aromatic rings. The Balaban J connectivity index is 1.65. The number of amides is 2. The van der Waals surface area contributed by atoms with Crippen LogP contribution in [-0.2, 0) is 9.59 Å². The lowest BCUT2D eigenvalue weighted by molar-refractivity contribution is -0.123. The standard InChI is InChI=1S/C22H24N2O3/c1-4-24(18-10-5-7-14(2)11-18)22(27)20-13-19(20)21(26)23-17-9-6-8-16(12-17)15(3)25/h5-12,19-20H,4,13H2,1-3H3,(H,23,26). The van der Waals surface area contributed by atoms with Crippen molar-refractivity contribution in [2.45, 2.75) is 27.2 Å². The molecule has 2 unspecified atom stereocenters. The summed E-state index contributed by atoms with van der Waals surface area (Å²) in [4.78, 5) is 38.6. The number of Topliss-reactive ketones (excluding diaryl/α,β-unsaturated/α-hetero) is 1. The maximum atomic E-state index is 12.9. The molecule has 1 aliphatic rings. The van der Waals surface area contributed by atoms with E-state index in [9.17, 15) is 14.4 Å². The first-order valence-corrected chi connectivity index (χ1v) is 9.20. The molecule has 5 nitrogen and oxygen atoms in total. The van der Waals surface area contributed by atoms with Gasteiger partial charge in [0.25, 0.3) is 0 Å². The third kappa shape index (κ3) is 4.25. The molecule has 2 amide bonds. The molecule has 1 saturated carbocycles. The topological polar surface area (TPSA) is 66.5 Å². The van der Waals surface area contributed by atoms with Crippen LogP contribution in [0.3, 0.4) is 0 Å². The Bertz CT molecular complexity index is 891. The molecule has 2 aromatic carbocycles. The zero-order valence-electron chi connectivity index (χ0n) is 15.9. The summed E-state index contributed by atoms with van der Waals surface area (Å²) in [6.07, 6.45) is 0.555. The monoisotopic (exact) mass is 364 g/mol. The summed E-state index contributed by atoms with van der Waals surface area (Å²) in [7, 11) is 0. The molecule has 0 heterocycles. The minimum atomic E-state index is -0.322. The van der Waals surface area contributed by atoms with E-state index in [1.165, 1.54) is 6.92 Å². The van der Waals surface area contributed by atoms with Gasteiger partial charge in [-0.25, -0.2) is 0 Å². The Kier molecular flexibility index (Phi) is 5.40. The van der Waals surface area contributed by atoms with Crippen LogP contribution in [0.4, 0.5) is 11.4 Å². The molecule has 140 valence electrons. The quantitative estimate of drug-likeness (QED) is 0.792. The van der Waals surface area contributed by atoms with E-state index >= 15 is 0 Å². The number of ketones is 1. The predicted molar refractivity (Wildman–Crippen MR) is 106 cm³/mol. The minimum absolute atomic E-state index is 0.0132. The second-order valence-electron chi connectivity index (χ2n) is 7.00. The molecule has 0 spiro atoms. The SMILES string of the molecule is CCN(C(=O)C1CC1C(=O)Nc1cccc(C(C)=O)c1)c1cccc(C)c1. The van der Waals surface area contributed by atoms with Gasteiger partial charge in [-0.3, -0.25) is 14.4 Å². The van der Waals surface area contributed by atoms with E-state index in [1.54, 1.807) is 29.2 Å². The minimum Gasteiger partial charge on any atom is -0.326 e. The number of rotatable bonds is 6. The van der Waals surface area contributed by atoms with Crippen molar-refractivity contribution in [1.82, 2.24) is 0 Å². The number of carbonyl (C=O) groups is 3. The molecular weight excluding hydrogens is 340 g/mol. The summed E-state index contributed by atoms with van der Waals surface area (Å²) in [5.41, 5.74) is 3.08. The maximum absolute atomic E-state index is 12.9. The highest BCUT2D eigenvalue weighted by Crippen LogP contribution is 2.41. The average Bonchev–Trinajstić information content (AvgIpc) is 3.43. The predicted octanol–water partition coefficient (Wildman–Crippen LogP) is 3.83. The van der Waals surface area contributed by atoms with Crippen molar-refractivity contribution in [1.29, 1.82) is 0 Å². The van der Waals surface area contributed by atoms with Gasteiger partial charge in [-0.05, 0) is 57.0 Å². The summed E-state index contributed by atoms with van der Waals surface area (Å²) < 4.78 is 0. The fourth-order valence-electron chi connectivity index (χ4n) is 3.27. The summed E-state index contributed by atoms with van der Waals surface area (Å²) in [6.45, 7) is 5.98. The summed E-state index contributed by atoms with van der Waals surface area (Å²) in [5, 5.41) is 2.83. The van der Waals surface area contributed by atoms with E-state index in [2.05, 4.69) is 5.32 Å². The van der Waals surface area contributed by atoms with Crippen molar-refractivity contribution in [3.05, 3.63) is 59.7 Å². The summed E-state index contributed by atoms with van der Waals surface area (Å²) in [6, 6.07) is 14.7. The molecule has 0 bridgehead atoms. The van der Waals surface area contributed by atoms with Crippen molar-refractivity contribution < 1.29 is 14.4 Å². The molecular formula is C22H24N2O3. The van der Waals surface area contributed by atoms with Crippen molar-refractivity contribution in [2.24, 2.45) is 11.8 Å². The van der Waals surface area contributed by atoms with E-state index in [4.69, 9.17) is 0 Å². The smallest absolute Gasteiger partial charge is 0.230 e. The van der Waals surface area contributed by atoms with E-state index in [-0.39, 0.29) is 29.4 Å². The van der Waals surface area contributed by atoms with E-state index < -0.39 is 0 Å². The van der Waals surface area contributed by atoms with Crippen LogP contribution in [0.25, 0.3) is 0 Å². The second kappa shape index (κ2) is 7.74. The van der Waals surface area contributed by atoms with Gasteiger partial charge < -0.3 is 10.2 Å². The third-order valence-electron chi connectivity index (χ3n) is 4.88. The van der Waals surface area contributed by atoms with Gasteiger partial charge in [0.15, 0.2) is 5.78 Å². The van der Waals surface area contributed by atoms with Crippen molar-refractivity contribution in [2.75, 3.05) is 16.8 Å². The van der Waals surface area contributed by atoms with Crippen LogP contribution >= 0.6 is 0 Å². The van der Waals surface area contributed by atoms with Gasteiger partial charge >= 0.3 is 0 Å². The third-order valence-corrected chi connectivity index (χ3v) is 4.88. The van der Waals surface area contributed by atoms with Gasteiger partial charge in [0.2, 0.25) is 11.8 Å². The number of nitrogens with one attached hydrogen (secondary N) is 1. The molecule has 0 saturated heterocycles. The highest BCUT2D eigenvalue weighted by molar-refractivity contribution is 6.04. The molecule has 0 aromatic heterocycles. The number of anilines is 2. The van der Waals surface area contributed by atoms with Crippen molar-refractivity contribution in [3.63, 3.8) is 0 Å². The van der Waals surface area contributed by atoms with Crippen LogP contribution in [0, 0.1) is 18.8 Å². The van der Waals surface area contributed by atoms with E-state index in [1.807, 2.05) is 38.1 Å². The molecule has 1 aliphatic carbocycles. The molecule has 1 N–H and O–H groups in total. The number of carbonyl (C=O) groups excluding carboxylic acids is 3. The van der Waals surface area contributed by atoms with Crippen molar-refractivity contribution in [3.8, 4) is 0 Å². The highest BCUT2D eigenvalue weighted by Gasteiger charge is 2.49. The molecule has 0 aliphatic heterocycles. The molecule has 3 rings (SSSR count). The Hall–Kier alpha value is -2.95. The van der Waals surface area contributed by atoms with E-state index in [0.717, 1.165) is 11.3 Å². The fourth-order valence-corrected chi connectivity index (χ4v) is 3.27. The first kappa shape index (κ1) is 18.8. The number of aryl methyl sites for hydroxylation is 1. The first-order valence-electron chi connectivity index (χ1n) is 9.20. The first-order chi connectivity index (χ1) is 12.9. The largest absolute Gasteiger partial charge is 0.326 e. The highest BCUT2D eigenvalue weighted by atomic mass is 16.2. The number of hydrogen-bond acceptors (Lipinski definition) is 3. The normalized spacial score (nSPS) is 17.9. The molecule has 5 heteroatoms. The number of hydrogen-bond donors (Lipinski definition) is 1. The molecule has 0 radical (unpaired) electrons. The van der Waals surface area contributed by atoms with Crippen LogP contribution in [0.5, 0.6) is 0 Å². The lowest BCUT2D eigenvalue weighted by Crippen LogP contribution is -2.33. The summed E-state index contributed by atoms with van der Waals surface area (Å²) >= 11 is 0.